The van der Waals surface area contributed by atoms with Gasteiger partial charge in [0, 0.05) is 36.8 Å². The minimum absolute atomic E-state index is 0.0312. The molecule has 1 fully saturated rings. The Bertz CT molecular complexity index is 921. The molecule has 0 unspecified atom stereocenters. The van der Waals surface area contributed by atoms with Gasteiger partial charge in [0.25, 0.3) is 5.91 Å². The monoisotopic (exact) mass is 449 g/mol. The summed E-state index contributed by atoms with van der Waals surface area (Å²) in [5.74, 6) is -0.553. The summed E-state index contributed by atoms with van der Waals surface area (Å²) in [4.78, 5) is 41.2. The summed E-state index contributed by atoms with van der Waals surface area (Å²) in [6, 6.07) is 8.62. The van der Waals surface area contributed by atoms with E-state index in [1.807, 2.05) is 11.8 Å². The van der Waals surface area contributed by atoms with E-state index in [1.54, 1.807) is 42.2 Å². The number of esters is 1. The highest BCUT2D eigenvalue weighted by atomic mass is 35.5. The predicted molar refractivity (Wildman–Crippen MR) is 117 cm³/mol. The molecule has 1 aromatic heterocycles. The number of thiophene rings is 1. The normalized spacial score (nSPS) is 14.4. The molecule has 9 heteroatoms. The van der Waals surface area contributed by atoms with Crippen molar-refractivity contribution in [2.24, 2.45) is 0 Å². The molecule has 1 N–H and O–H groups in total. The Morgan fingerprint density at radius 3 is 2.43 bits per heavy atom. The Labute approximate surface area is 184 Å². The molecule has 2 heterocycles. The van der Waals surface area contributed by atoms with Gasteiger partial charge in [-0.05, 0) is 49.7 Å². The van der Waals surface area contributed by atoms with Crippen LogP contribution in [0.3, 0.4) is 0 Å². The molecule has 0 saturated carbocycles. The molecule has 7 nitrogen and oxygen atoms in total. The van der Waals surface area contributed by atoms with Crippen LogP contribution in [0, 0.1) is 6.92 Å². The van der Waals surface area contributed by atoms with Crippen molar-refractivity contribution >= 4 is 45.7 Å². The van der Waals surface area contributed by atoms with Crippen molar-refractivity contribution in [3.63, 3.8) is 0 Å². The van der Waals surface area contributed by atoms with Crippen molar-refractivity contribution in [1.82, 2.24) is 9.80 Å². The van der Waals surface area contributed by atoms with E-state index in [2.05, 4.69) is 5.32 Å². The van der Waals surface area contributed by atoms with E-state index in [-0.39, 0.29) is 24.3 Å². The summed E-state index contributed by atoms with van der Waals surface area (Å²) < 4.78 is 5.03. The van der Waals surface area contributed by atoms with Crippen molar-refractivity contribution in [3.05, 3.63) is 51.4 Å². The molecule has 0 atom stereocenters. The molecule has 1 saturated heterocycles. The number of amides is 2. The predicted octanol–water partition coefficient (Wildman–Crippen LogP) is 3.28. The topological polar surface area (TPSA) is 79.0 Å². The van der Waals surface area contributed by atoms with Crippen LogP contribution in [-0.4, -0.2) is 66.9 Å². The van der Waals surface area contributed by atoms with E-state index in [0.717, 1.165) is 5.56 Å². The third-order valence-electron chi connectivity index (χ3n) is 4.76. The zero-order valence-electron chi connectivity index (χ0n) is 16.9. The third kappa shape index (κ3) is 5.59. The Balaban J connectivity index is 1.48. The Kier molecular flexibility index (Phi) is 7.47. The molecule has 0 bridgehead atoms. The number of halogens is 1. The fourth-order valence-electron chi connectivity index (χ4n) is 3.21. The third-order valence-corrected chi connectivity index (χ3v) is 6.14. The average Bonchev–Trinajstić information content (AvgIpc) is 3.08. The molecule has 2 aromatic rings. The first-order valence-electron chi connectivity index (χ1n) is 9.72. The van der Waals surface area contributed by atoms with Crippen LogP contribution in [0.2, 0.25) is 5.02 Å². The fraction of sp³-hybridized carbons (Fsp3) is 0.381. The lowest BCUT2D eigenvalue weighted by atomic mass is 10.2. The molecule has 2 amide bonds. The number of nitrogens with one attached hydrogen (secondary N) is 1. The standard InChI is InChI=1S/C21H24ClN3O4S/c1-3-29-21(28)19-14(2)12-18(30-19)23-17(26)13-24-8-10-25(11-9-24)20(27)15-4-6-16(22)7-5-15/h4-7,12H,3,8-11,13H2,1-2H3,(H,23,26). The summed E-state index contributed by atoms with van der Waals surface area (Å²) >= 11 is 7.09. The number of anilines is 1. The van der Waals surface area contributed by atoms with E-state index in [0.29, 0.717) is 53.3 Å². The summed E-state index contributed by atoms with van der Waals surface area (Å²) in [7, 11) is 0. The SMILES string of the molecule is CCOC(=O)c1sc(NC(=O)CN2CCN(C(=O)c3ccc(Cl)cc3)CC2)cc1C. The Morgan fingerprint density at radius 1 is 1.13 bits per heavy atom. The maximum atomic E-state index is 12.6. The van der Waals surface area contributed by atoms with Gasteiger partial charge in [-0.3, -0.25) is 14.5 Å². The maximum absolute atomic E-state index is 12.6. The number of hydrogen-bond acceptors (Lipinski definition) is 6. The number of benzene rings is 1. The zero-order valence-corrected chi connectivity index (χ0v) is 18.5. The van der Waals surface area contributed by atoms with Crippen LogP contribution in [-0.2, 0) is 9.53 Å². The fourth-order valence-corrected chi connectivity index (χ4v) is 4.32. The van der Waals surface area contributed by atoms with Crippen LogP contribution in [0.4, 0.5) is 5.00 Å². The Hall–Kier alpha value is -2.42. The summed E-state index contributed by atoms with van der Waals surface area (Å²) in [6.07, 6.45) is 0. The summed E-state index contributed by atoms with van der Waals surface area (Å²) in [5.41, 5.74) is 1.39. The van der Waals surface area contributed by atoms with Crippen molar-refractivity contribution in [2.45, 2.75) is 13.8 Å². The Morgan fingerprint density at radius 2 is 1.80 bits per heavy atom. The van der Waals surface area contributed by atoms with E-state index >= 15 is 0 Å². The average molecular weight is 450 g/mol. The second-order valence-electron chi connectivity index (χ2n) is 6.97. The van der Waals surface area contributed by atoms with Gasteiger partial charge in [-0.15, -0.1) is 11.3 Å². The van der Waals surface area contributed by atoms with Gasteiger partial charge in [-0.1, -0.05) is 11.6 Å². The molecular weight excluding hydrogens is 426 g/mol. The van der Waals surface area contributed by atoms with Gasteiger partial charge in [0.15, 0.2) is 0 Å². The van der Waals surface area contributed by atoms with Crippen molar-refractivity contribution in [3.8, 4) is 0 Å². The molecule has 0 aliphatic carbocycles. The molecule has 1 aliphatic heterocycles. The van der Waals surface area contributed by atoms with E-state index < -0.39 is 0 Å². The highest BCUT2D eigenvalue weighted by Gasteiger charge is 2.24. The lowest BCUT2D eigenvalue weighted by Crippen LogP contribution is -2.50. The van der Waals surface area contributed by atoms with Crippen LogP contribution < -0.4 is 5.32 Å². The smallest absolute Gasteiger partial charge is 0.348 e. The van der Waals surface area contributed by atoms with Gasteiger partial charge in [0.2, 0.25) is 5.91 Å². The molecule has 30 heavy (non-hydrogen) atoms. The number of nitrogens with zero attached hydrogens (tertiary/aromatic N) is 2. The number of piperazine rings is 1. The number of hydrogen-bond donors (Lipinski definition) is 1. The van der Waals surface area contributed by atoms with Gasteiger partial charge >= 0.3 is 5.97 Å². The zero-order chi connectivity index (χ0) is 21.7. The molecule has 0 radical (unpaired) electrons. The van der Waals surface area contributed by atoms with Gasteiger partial charge in [-0.2, -0.15) is 0 Å². The number of aryl methyl sites for hydroxylation is 1. The minimum atomic E-state index is -0.373. The summed E-state index contributed by atoms with van der Waals surface area (Å²) in [5, 5.41) is 4.07. The summed E-state index contributed by atoms with van der Waals surface area (Å²) in [6.45, 7) is 6.45. The maximum Gasteiger partial charge on any atom is 0.348 e. The van der Waals surface area contributed by atoms with Crippen molar-refractivity contribution in [2.75, 3.05) is 44.6 Å². The molecule has 1 aliphatic rings. The number of ether oxygens (including phenoxy) is 1. The number of rotatable bonds is 6. The second-order valence-corrected chi connectivity index (χ2v) is 8.46. The van der Waals surface area contributed by atoms with Crippen LogP contribution in [0.5, 0.6) is 0 Å². The molecule has 3 rings (SSSR count). The van der Waals surface area contributed by atoms with Gasteiger partial charge < -0.3 is 15.0 Å². The van der Waals surface area contributed by atoms with Crippen LogP contribution >= 0.6 is 22.9 Å². The highest BCUT2D eigenvalue weighted by molar-refractivity contribution is 7.18. The van der Waals surface area contributed by atoms with Gasteiger partial charge in [-0.25, -0.2) is 4.79 Å². The molecular formula is C21H24ClN3O4S. The first-order valence-corrected chi connectivity index (χ1v) is 10.9. The number of carbonyl (C=O) groups excluding carboxylic acids is 3. The molecule has 1 aromatic carbocycles. The van der Waals surface area contributed by atoms with Crippen LogP contribution in [0.25, 0.3) is 0 Å². The van der Waals surface area contributed by atoms with Crippen LogP contribution in [0.15, 0.2) is 30.3 Å². The lowest BCUT2D eigenvalue weighted by molar-refractivity contribution is -0.117. The highest BCUT2D eigenvalue weighted by Crippen LogP contribution is 2.27. The second kappa shape index (κ2) is 10.1. The quantitative estimate of drug-likeness (QED) is 0.684. The van der Waals surface area contributed by atoms with Crippen molar-refractivity contribution in [1.29, 1.82) is 0 Å². The van der Waals surface area contributed by atoms with E-state index in [1.165, 1.54) is 11.3 Å². The molecule has 0 spiro atoms. The molecule has 160 valence electrons. The first kappa shape index (κ1) is 22.3. The van der Waals surface area contributed by atoms with Crippen LogP contribution in [0.1, 0.15) is 32.5 Å². The van der Waals surface area contributed by atoms with Crippen molar-refractivity contribution < 1.29 is 19.1 Å². The van der Waals surface area contributed by atoms with Gasteiger partial charge in [0.1, 0.15) is 4.88 Å². The number of carbonyl (C=O) groups is 3. The van der Waals surface area contributed by atoms with E-state index in [9.17, 15) is 14.4 Å². The first-order chi connectivity index (χ1) is 14.4. The van der Waals surface area contributed by atoms with E-state index in [4.69, 9.17) is 16.3 Å². The van der Waals surface area contributed by atoms with Gasteiger partial charge in [0.05, 0.1) is 18.2 Å². The largest absolute Gasteiger partial charge is 0.462 e. The minimum Gasteiger partial charge on any atom is -0.462 e. The lowest BCUT2D eigenvalue weighted by Gasteiger charge is -2.34.